The van der Waals surface area contributed by atoms with Crippen LogP contribution < -0.4 is 11.1 Å². The lowest BCUT2D eigenvalue weighted by molar-refractivity contribution is -0.118. The predicted molar refractivity (Wildman–Crippen MR) is 76.7 cm³/mol. The van der Waals surface area contributed by atoms with Crippen molar-refractivity contribution in [3.8, 4) is 0 Å². The molecule has 0 saturated carbocycles. The molecule has 18 heavy (non-hydrogen) atoms. The van der Waals surface area contributed by atoms with Crippen molar-refractivity contribution in [3.63, 3.8) is 0 Å². The van der Waals surface area contributed by atoms with Gasteiger partial charge < -0.3 is 11.1 Å². The average Bonchev–Trinajstić information content (AvgIpc) is 2.24. The van der Waals surface area contributed by atoms with Gasteiger partial charge in [-0.05, 0) is 25.8 Å². The molecule has 0 aliphatic carbocycles. The standard InChI is InChI=1S/C11H24N2O3S.ClH/c1-2-3-6-9-17(15,16)10-11(14)13-8-5-4-7-12;/h2-10,12H2,1H3,(H,13,14);1H. The van der Waals surface area contributed by atoms with Crippen LogP contribution in [0.5, 0.6) is 0 Å². The topological polar surface area (TPSA) is 89.3 Å². The van der Waals surface area contributed by atoms with Gasteiger partial charge in [-0.25, -0.2) is 8.42 Å². The van der Waals surface area contributed by atoms with E-state index in [0.717, 1.165) is 25.7 Å². The molecule has 0 saturated heterocycles. The number of hydrogen-bond donors (Lipinski definition) is 2. The summed E-state index contributed by atoms with van der Waals surface area (Å²) in [6.07, 6.45) is 4.12. The molecule has 0 aromatic heterocycles. The van der Waals surface area contributed by atoms with Crippen molar-refractivity contribution in [2.45, 2.75) is 39.0 Å². The van der Waals surface area contributed by atoms with Gasteiger partial charge in [0.05, 0.1) is 5.75 Å². The number of amides is 1. The van der Waals surface area contributed by atoms with Crippen molar-refractivity contribution in [2.75, 3.05) is 24.6 Å². The second-order valence-corrected chi connectivity index (χ2v) is 6.33. The minimum atomic E-state index is -3.23. The first-order chi connectivity index (χ1) is 8.02. The molecule has 3 N–H and O–H groups in total. The van der Waals surface area contributed by atoms with Gasteiger partial charge in [0.2, 0.25) is 5.91 Å². The number of rotatable bonds is 10. The monoisotopic (exact) mass is 300 g/mol. The Morgan fingerprint density at radius 1 is 1.17 bits per heavy atom. The lowest BCUT2D eigenvalue weighted by Crippen LogP contribution is -2.32. The molecule has 0 aromatic rings. The second kappa shape index (κ2) is 11.7. The Kier molecular flexibility index (Phi) is 13.0. The molecule has 5 nitrogen and oxygen atoms in total. The molecular formula is C11H25ClN2O3S. The minimum absolute atomic E-state index is 0. The molecule has 110 valence electrons. The van der Waals surface area contributed by atoms with Crippen LogP contribution in [0.1, 0.15) is 39.0 Å². The van der Waals surface area contributed by atoms with Crippen LogP contribution in [-0.2, 0) is 14.6 Å². The van der Waals surface area contributed by atoms with E-state index < -0.39 is 15.7 Å². The van der Waals surface area contributed by atoms with Gasteiger partial charge in [-0.1, -0.05) is 19.8 Å². The van der Waals surface area contributed by atoms with Gasteiger partial charge in [0.1, 0.15) is 5.75 Å². The summed E-state index contributed by atoms with van der Waals surface area (Å²) in [6.45, 7) is 3.10. The summed E-state index contributed by atoms with van der Waals surface area (Å²) in [5.41, 5.74) is 5.31. The van der Waals surface area contributed by atoms with Crippen LogP contribution in [0.25, 0.3) is 0 Å². The highest BCUT2D eigenvalue weighted by molar-refractivity contribution is 7.92. The molecule has 1 amide bonds. The molecule has 0 rings (SSSR count). The van der Waals surface area contributed by atoms with Crippen molar-refractivity contribution in [3.05, 3.63) is 0 Å². The molecular weight excluding hydrogens is 276 g/mol. The molecule has 0 unspecified atom stereocenters. The first-order valence-corrected chi connectivity index (χ1v) is 8.01. The summed E-state index contributed by atoms with van der Waals surface area (Å²) >= 11 is 0. The van der Waals surface area contributed by atoms with Crippen LogP contribution in [0, 0.1) is 0 Å². The minimum Gasteiger partial charge on any atom is -0.355 e. The maximum absolute atomic E-state index is 11.5. The highest BCUT2D eigenvalue weighted by Gasteiger charge is 2.15. The molecule has 0 fully saturated rings. The third kappa shape index (κ3) is 12.1. The number of nitrogens with two attached hydrogens (primary N) is 1. The smallest absolute Gasteiger partial charge is 0.235 e. The first-order valence-electron chi connectivity index (χ1n) is 6.19. The van der Waals surface area contributed by atoms with E-state index in [2.05, 4.69) is 5.32 Å². The van der Waals surface area contributed by atoms with Crippen LogP contribution in [0.2, 0.25) is 0 Å². The summed E-state index contributed by atoms with van der Waals surface area (Å²) in [5.74, 6) is -0.685. The van der Waals surface area contributed by atoms with E-state index in [1.807, 2.05) is 6.92 Å². The van der Waals surface area contributed by atoms with Gasteiger partial charge in [0.25, 0.3) is 0 Å². The summed E-state index contributed by atoms with van der Waals surface area (Å²) in [4.78, 5) is 11.3. The molecule has 0 radical (unpaired) electrons. The summed E-state index contributed by atoms with van der Waals surface area (Å²) in [5, 5.41) is 2.59. The zero-order valence-corrected chi connectivity index (χ0v) is 12.6. The third-order valence-corrected chi connectivity index (χ3v) is 3.98. The zero-order chi connectivity index (χ0) is 13.1. The van der Waals surface area contributed by atoms with Crippen molar-refractivity contribution in [1.82, 2.24) is 5.32 Å². The van der Waals surface area contributed by atoms with Gasteiger partial charge in [-0.2, -0.15) is 0 Å². The number of halogens is 1. The summed E-state index contributed by atoms with van der Waals surface area (Å²) < 4.78 is 23.0. The zero-order valence-electron chi connectivity index (χ0n) is 11.0. The molecule has 0 heterocycles. The molecule has 0 aromatic carbocycles. The molecule has 0 spiro atoms. The Hall–Kier alpha value is -0.330. The van der Waals surface area contributed by atoms with Crippen LogP contribution in [0.3, 0.4) is 0 Å². The van der Waals surface area contributed by atoms with E-state index >= 15 is 0 Å². The van der Waals surface area contributed by atoms with Crippen molar-refractivity contribution in [1.29, 1.82) is 0 Å². The Labute approximate surface area is 116 Å². The fourth-order valence-corrected chi connectivity index (χ4v) is 2.68. The lowest BCUT2D eigenvalue weighted by Gasteiger charge is -2.05. The number of hydrogen-bond acceptors (Lipinski definition) is 4. The normalized spacial score (nSPS) is 10.8. The van der Waals surface area contributed by atoms with Gasteiger partial charge >= 0.3 is 0 Å². The van der Waals surface area contributed by atoms with E-state index in [4.69, 9.17) is 5.73 Å². The van der Waals surface area contributed by atoms with Crippen molar-refractivity contribution >= 4 is 28.2 Å². The van der Waals surface area contributed by atoms with Crippen molar-refractivity contribution in [2.24, 2.45) is 5.73 Å². The Morgan fingerprint density at radius 3 is 2.39 bits per heavy atom. The number of carbonyl (C=O) groups is 1. The number of unbranched alkanes of at least 4 members (excludes halogenated alkanes) is 3. The SMILES string of the molecule is CCCCCS(=O)(=O)CC(=O)NCCCCN.Cl. The van der Waals surface area contributed by atoms with E-state index in [9.17, 15) is 13.2 Å². The van der Waals surface area contributed by atoms with Crippen LogP contribution in [0.4, 0.5) is 0 Å². The fourth-order valence-electron chi connectivity index (χ4n) is 1.39. The highest BCUT2D eigenvalue weighted by Crippen LogP contribution is 2.00. The van der Waals surface area contributed by atoms with Gasteiger partial charge in [0.15, 0.2) is 9.84 Å². The van der Waals surface area contributed by atoms with Gasteiger partial charge in [-0.3, -0.25) is 4.79 Å². The highest BCUT2D eigenvalue weighted by atomic mass is 35.5. The van der Waals surface area contributed by atoms with Crippen LogP contribution in [-0.4, -0.2) is 38.9 Å². The second-order valence-electron chi connectivity index (χ2n) is 4.14. The molecule has 0 bridgehead atoms. The molecule has 7 heteroatoms. The fraction of sp³-hybridized carbons (Fsp3) is 0.909. The maximum Gasteiger partial charge on any atom is 0.235 e. The largest absolute Gasteiger partial charge is 0.355 e. The third-order valence-electron chi connectivity index (χ3n) is 2.36. The van der Waals surface area contributed by atoms with Gasteiger partial charge in [0, 0.05) is 6.54 Å². The van der Waals surface area contributed by atoms with Gasteiger partial charge in [-0.15, -0.1) is 12.4 Å². The number of sulfone groups is 1. The average molecular weight is 301 g/mol. The van der Waals surface area contributed by atoms with E-state index in [0.29, 0.717) is 19.5 Å². The quantitative estimate of drug-likeness (QED) is 0.586. The molecule has 0 aliphatic rings. The Morgan fingerprint density at radius 2 is 1.83 bits per heavy atom. The summed E-state index contributed by atoms with van der Waals surface area (Å²) in [7, 11) is -3.23. The lowest BCUT2D eigenvalue weighted by atomic mass is 10.3. The summed E-state index contributed by atoms with van der Waals surface area (Å²) in [6, 6.07) is 0. The first kappa shape index (κ1) is 20.0. The van der Waals surface area contributed by atoms with E-state index in [1.165, 1.54) is 0 Å². The van der Waals surface area contributed by atoms with E-state index in [-0.39, 0.29) is 23.9 Å². The maximum atomic E-state index is 11.5. The number of carbonyl (C=O) groups excluding carboxylic acids is 1. The van der Waals surface area contributed by atoms with Crippen LogP contribution in [0.15, 0.2) is 0 Å². The van der Waals surface area contributed by atoms with Crippen molar-refractivity contribution < 1.29 is 13.2 Å². The Bertz CT molecular complexity index is 307. The molecule has 0 atom stereocenters. The Balaban J connectivity index is 0. The number of nitrogens with one attached hydrogen (secondary N) is 1. The van der Waals surface area contributed by atoms with E-state index in [1.54, 1.807) is 0 Å². The predicted octanol–water partition coefficient (Wildman–Crippen LogP) is 0.868. The van der Waals surface area contributed by atoms with Crippen LogP contribution >= 0.6 is 12.4 Å². The molecule has 0 aliphatic heterocycles.